The lowest BCUT2D eigenvalue weighted by molar-refractivity contribution is 0.447. The van der Waals surface area contributed by atoms with Gasteiger partial charge in [-0.05, 0) is 96.2 Å². The SMILES string of the molecule is Brc1ccc(C2=CCCC2)cc1.Fc1cc(F)cc(-c2ccc(C3=CCCC3)cc2)c1.O[B]Oc1cc(F)cc(F)c1. The quantitative estimate of drug-likeness (QED) is 0.175. The van der Waals surface area contributed by atoms with Crippen LogP contribution in [0.5, 0.6) is 5.75 Å². The first-order chi connectivity index (χ1) is 20.3. The fourth-order valence-electron chi connectivity index (χ4n) is 4.78. The van der Waals surface area contributed by atoms with Crippen LogP contribution in [0.2, 0.25) is 0 Å². The lowest BCUT2D eigenvalue weighted by Crippen LogP contribution is -2.00. The first-order valence-corrected chi connectivity index (χ1v) is 14.4. The minimum Gasteiger partial charge on any atom is -0.537 e. The number of hydrogen-bond donors (Lipinski definition) is 1. The van der Waals surface area contributed by atoms with E-state index >= 15 is 0 Å². The summed E-state index contributed by atoms with van der Waals surface area (Å²) in [5.74, 6) is -2.66. The van der Waals surface area contributed by atoms with Crippen LogP contribution in [0.15, 0.2) is 102 Å². The Kier molecular flexibility index (Phi) is 11.6. The predicted octanol–water partition coefficient (Wildman–Crippen LogP) is 10.1. The molecule has 0 spiro atoms. The van der Waals surface area contributed by atoms with Crippen molar-refractivity contribution in [3.63, 3.8) is 0 Å². The van der Waals surface area contributed by atoms with Crippen LogP contribution in [0.3, 0.4) is 0 Å². The van der Waals surface area contributed by atoms with Gasteiger partial charge in [-0.25, -0.2) is 17.6 Å². The summed E-state index contributed by atoms with van der Waals surface area (Å²) in [7, 11) is 0.355. The van der Waals surface area contributed by atoms with E-state index in [4.69, 9.17) is 5.02 Å². The van der Waals surface area contributed by atoms with Gasteiger partial charge in [0, 0.05) is 28.7 Å². The summed E-state index contributed by atoms with van der Waals surface area (Å²) in [4.78, 5) is 0. The average molecular weight is 636 g/mol. The molecule has 8 heteroatoms. The number of hydrogen-bond acceptors (Lipinski definition) is 2. The van der Waals surface area contributed by atoms with Gasteiger partial charge in [0.25, 0.3) is 0 Å². The molecule has 0 saturated carbocycles. The van der Waals surface area contributed by atoms with Gasteiger partial charge in [-0.15, -0.1) is 0 Å². The predicted molar refractivity (Wildman–Crippen MR) is 165 cm³/mol. The van der Waals surface area contributed by atoms with Crippen LogP contribution in [0.1, 0.15) is 49.7 Å². The molecule has 2 aliphatic rings. The van der Waals surface area contributed by atoms with E-state index in [2.05, 4.69) is 57.0 Å². The zero-order valence-corrected chi connectivity index (χ0v) is 24.4. The monoisotopic (exact) mass is 635 g/mol. The molecule has 4 aromatic carbocycles. The minimum atomic E-state index is -0.748. The standard InChI is InChI=1S/C17H14F2.C11H11Br.C6H4BF2O2/c18-16-9-15(10-17(19)11-16)14-7-5-13(6-8-14)12-3-1-2-4-12;12-11-7-5-10(6-8-11)9-3-1-2-4-9;8-4-1-5(9)3-6(2-4)11-7-10/h3,5-11H,1-2,4H2;3,5-8H,1-2,4H2;1-3,10H. The molecule has 0 unspecified atom stereocenters. The van der Waals surface area contributed by atoms with Gasteiger partial charge in [0.1, 0.15) is 29.0 Å². The van der Waals surface area contributed by atoms with Gasteiger partial charge in [-0.1, -0.05) is 64.5 Å². The molecule has 0 bridgehead atoms. The summed E-state index contributed by atoms with van der Waals surface area (Å²) < 4.78 is 56.5. The third kappa shape index (κ3) is 9.46. The average Bonchev–Trinajstić information content (AvgIpc) is 3.69. The van der Waals surface area contributed by atoms with Crippen molar-refractivity contribution in [2.45, 2.75) is 38.5 Å². The summed E-state index contributed by atoms with van der Waals surface area (Å²) in [6.45, 7) is 0. The van der Waals surface area contributed by atoms with Gasteiger partial charge in [-0.3, -0.25) is 0 Å². The van der Waals surface area contributed by atoms with E-state index in [0.717, 1.165) is 41.1 Å². The molecule has 2 nitrogen and oxygen atoms in total. The van der Waals surface area contributed by atoms with Crippen molar-refractivity contribution in [3.8, 4) is 16.9 Å². The summed E-state index contributed by atoms with van der Waals surface area (Å²) in [5.41, 5.74) is 6.89. The topological polar surface area (TPSA) is 29.5 Å². The minimum absolute atomic E-state index is 0.0787. The Morgan fingerprint density at radius 1 is 0.571 bits per heavy atom. The summed E-state index contributed by atoms with van der Waals surface area (Å²) in [6, 6.07) is 22.7. The fourth-order valence-corrected chi connectivity index (χ4v) is 5.05. The first kappa shape index (κ1) is 31.3. The molecule has 0 amide bonds. The van der Waals surface area contributed by atoms with Gasteiger partial charge in [0.2, 0.25) is 0 Å². The van der Waals surface area contributed by atoms with Crippen molar-refractivity contribution < 1.29 is 27.2 Å². The Balaban J connectivity index is 0.000000153. The van der Waals surface area contributed by atoms with E-state index in [1.165, 1.54) is 60.1 Å². The normalized spacial score (nSPS) is 13.7. The largest absolute Gasteiger partial charge is 0.569 e. The smallest absolute Gasteiger partial charge is 0.537 e. The lowest BCUT2D eigenvalue weighted by atomic mass is 10.00. The molecule has 0 aromatic heterocycles. The summed E-state index contributed by atoms with van der Waals surface area (Å²) in [5, 5.41) is 8.11. The Morgan fingerprint density at radius 2 is 1.00 bits per heavy atom. The molecule has 215 valence electrons. The van der Waals surface area contributed by atoms with Crippen LogP contribution < -0.4 is 4.65 Å². The number of rotatable bonds is 5. The first-order valence-electron chi connectivity index (χ1n) is 13.6. The third-order valence-corrected chi connectivity index (χ3v) is 7.30. The van der Waals surface area contributed by atoms with Gasteiger partial charge in [-0.2, -0.15) is 0 Å². The van der Waals surface area contributed by atoms with E-state index in [1.54, 1.807) is 0 Å². The molecule has 0 aliphatic heterocycles. The van der Waals surface area contributed by atoms with E-state index in [-0.39, 0.29) is 5.75 Å². The van der Waals surface area contributed by atoms with Crippen LogP contribution in [-0.4, -0.2) is 12.7 Å². The van der Waals surface area contributed by atoms with E-state index in [1.807, 2.05) is 24.3 Å². The van der Waals surface area contributed by atoms with E-state index in [0.29, 0.717) is 19.3 Å². The van der Waals surface area contributed by atoms with Crippen molar-refractivity contribution in [2.24, 2.45) is 0 Å². The Hall–Kier alpha value is -3.62. The molecule has 0 fully saturated rings. The van der Waals surface area contributed by atoms with Crippen molar-refractivity contribution in [1.29, 1.82) is 0 Å². The van der Waals surface area contributed by atoms with Crippen LogP contribution in [0, 0.1) is 23.3 Å². The highest BCUT2D eigenvalue weighted by molar-refractivity contribution is 9.10. The zero-order valence-electron chi connectivity index (χ0n) is 22.8. The van der Waals surface area contributed by atoms with Gasteiger partial charge < -0.3 is 9.68 Å². The highest BCUT2D eigenvalue weighted by Gasteiger charge is 2.09. The van der Waals surface area contributed by atoms with E-state index < -0.39 is 23.3 Å². The second kappa shape index (κ2) is 15.6. The van der Waals surface area contributed by atoms with Crippen molar-refractivity contribution in [1.82, 2.24) is 0 Å². The molecule has 2 aliphatic carbocycles. The maximum atomic E-state index is 13.2. The van der Waals surface area contributed by atoms with Crippen molar-refractivity contribution in [3.05, 3.63) is 136 Å². The second-order valence-electron chi connectivity index (χ2n) is 9.81. The molecule has 4 aromatic rings. The van der Waals surface area contributed by atoms with Crippen LogP contribution in [-0.2, 0) is 0 Å². The molecule has 1 N–H and O–H groups in total. The Bertz CT molecular complexity index is 1500. The van der Waals surface area contributed by atoms with Crippen molar-refractivity contribution in [2.75, 3.05) is 0 Å². The molecule has 0 saturated heterocycles. The van der Waals surface area contributed by atoms with Gasteiger partial charge >= 0.3 is 7.69 Å². The lowest BCUT2D eigenvalue weighted by Gasteiger charge is -2.06. The second-order valence-corrected chi connectivity index (χ2v) is 10.7. The molecular formula is C34H29BBrF4O2. The third-order valence-electron chi connectivity index (χ3n) is 6.77. The Morgan fingerprint density at radius 3 is 1.43 bits per heavy atom. The van der Waals surface area contributed by atoms with Crippen LogP contribution in [0.4, 0.5) is 17.6 Å². The molecule has 1 radical (unpaired) electrons. The van der Waals surface area contributed by atoms with Gasteiger partial charge in [0.05, 0.1) is 0 Å². The van der Waals surface area contributed by atoms with E-state index in [9.17, 15) is 17.6 Å². The highest BCUT2D eigenvalue weighted by atomic mass is 79.9. The number of benzene rings is 4. The highest BCUT2D eigenvalue weighted by Crippen LogP contribution is 2.30. The number of halogens is 5. The molecule has 6 rings (SSSR count). The molecule has 42 heavy (non-hydrogen) atoms. The summed E-state index contributed by atoms with van der Waals surface area (Å²) >= 11 is 3.43. The maximum Gasteiger partial charge on any atom is 0.569 e. The molecule has 0 atom stereocenters. The van der Waals surface area contributed by atoms with Crippen molar-refractivity contribution >= 4 is 34.8 Å². The fraction of sp³-hybridized carbons (Fsp3) is 0.176. The molecule has 0 heterocycles. The van der Waals surface area contributed by atoms with Crippen LogP contribution >= 0.6 is 15.9 Å². The summed E-state index contributed by atoms with van der Waals surface area (Å²) in [6.07, 6.45) is 11.9. The zero-order chi connectivity index (χ0) is 29.9. The Labute approximate surface area is 252 Å². The number of allylic oxidation sites excluding steroid dienone is 4. The molecular weight excluding hydrogens is 607 g/mol. The van der Waals surface area contributed by atoms with Crippen LogP contribution in [0.25, 0.3) is 22.3 Å². The van der Waals surface area contributed by atoms with Gasteiger partial charge in [0.15, 0.2) is 0 Å². The maximum absolute atomic E-state index is 13.2.